The maximum absolute atomic E-state index is 12.0. The van der Waals surface area contributed by atoms with E-state index in [1.54, 1.807) is 0 Å². The summed E-state index contributed by atoms with van der Waals surface area (Å²) in [5, 5.41) is 0. The Morgan fingerprint density at radius 3 is 2.59 bits per heavy atom. The van der Waals surface area contributed by atoms with Gasteiger partial charge in [0.15, 0.2) is 0 Å². The Hall–Kier alpha value is -1.15. The Labute approximate surface area is 103 Å². The Kier molecular flexibility index (Phi) is 3.95. The van der Waals surface area contributed by atoms with Gasteiger partial charge in [-0.25, -0.2) is 0 Å². The first kappa shape index (κ1) is 12.3. The molecule has 0 N–H and O–H groups in total. The average molecular weight is 232 g/mol. The molecule has 0 aliphatic carbocycles. The zero-order valence-electron chi connectivity index (χ0n) is 10.6. The van der Waals surface area contributed by atoms with Gasteiger partial charge in [0, 0.05) is 18.9 Å². The minimum atomic E-state index is 0.125. The van der Waals surface area contributed by atoms with E-state index in [2.05, 4.69) is 38.1 Å². The van der Waals surface area contributed by atoms with Crippen molar-refractivity contribution in [3.8, 4) is 0 Å². The highest BCUT2D eigenvalue weighted by Crippen LogP contribution is 2.18. The molecule has 1 unspecified atom stereocenters. The lowest BCUT2D eigenvalue weighted by Crippen LogP contribution is -2.16. The summed E-state index contributed by atoms with van der Waals surface area (Å²) in [5.41, 5.74) is 2.44. The van der Waals surface area contributed by atoms with E-state index in [1.165, 1.54) is 5.56 Å². The highest BCUT2D eigenvalue weighted by molar-refractivity contribution is 5.83. The third-order valence-corrected chi connectivity index (χ3v) is 3.41. The van der Waals surface area contributed by atoms with Crippen LogP contribution in [0.1, 0.15) is 37.3 Å². The van der Waals surface area contributed by atoms with Crippen molar-refractivity contribution in [3.05, 3.63) is 35.4 Å². The summed E-state index contributed by atoms with van der Waals surface area (Å²) >= 11 is 0. The van der Waals surface area contributed by atoms with Gasteiger partial charge in [0.2, 0.25) is 0 Å². The molecule has 1 fully saturated rings. The van der Waals surface area contributed by atoms with E-state index in [4.69, 9.17) is 4.74 Å². The largest absolute Gasteiger partial charge is 0.381 e. The van der Waals surface area contributed by atoms with E-state index >= 15 is 0 Å². The van der Waals surface area contributed by atoms with Gasteiger partial charge in [0.05, 0.1) is 6.61 Å². The van der Waals surface area contributed by atoms with Crippen LogP contribution in [-0.4, -0.2) is 19.0 Å². The SMILES string of the molecule is CC(C)c1ccc(CC(=O)C2CCOC2)cc1. The van der Waals surface area contributed by atoms with Crippen LogP contribution in [-0.2, 0) is 16.0 Å². The van der Waals surface area contributed by atoms with Crippen LogP contribution in [0.2, 0.25) is 0 Å². The fourth-order valence-corrected chi connectivity index (χ4v) is 2.15. The molecule has 0 amide bonds. The first-order chi connectivity index (χ1) is 8.16. The lowest BCUT2D eigenvalue weighted by molar-refractivity contribution is -0.122. The van der Waals surface area contributed by atoms with E-state index < -0.39 is 0 Å². The second-order valence-corrected chi connectivity index (χ2v) is 5.10. The van der Waals surface area contributed by atoms with Gasteiger partial charge in [0.1, 0.15) is 5.78 Å². The Morgan fingerprint density at radius 2 is 2.06 bits per heavy atom. The highest BCUT2D eigenvalue weighted by Gasteiger charge is 2.23. The van der Waals surface area contributed by atoms with E-state index in [-0.39, 0.29) is 5.92 Å². The minimum absolute atomic E-state index is 0.125. The molecule has 0 saturated carbocycles. The topological polar surface area (TPSA) is 26.3 Å². The molecule has 1 aromatic rings. The molecule has 92 valence electrons. The molecule has 1 saturated heterocycles. The monoisotopic (exact) mass is 232 g/mol. The minimum Gasteiger partial charge on any atom is -0.381 e. The summed E-state index contributed by atoms with van der Waals surface area (Å²) < 4.78 is 5.25. The predicted octanol–water partition coefficient (Wildman–Crippen LogP) is 2.96. The van der Waals surface area contributed by atoms with Gasteiger partial charge in [-0.3, -0.25) is 4.79 Å². The molecule has 0 spiro atoms. The number of hydrogen-bond donors (Lipinski definition) is 0. The van der Waals surface area contributed by atoms with Crippen molar-refractivity contribution >= 4 is 5.78 Å². The van der Waals surface area contributed by atoms with Crippen molar-refractivity contribution in [2.75, 3.05) is 13.2 Å². The number of Topliss-reactive ketones (excluding diaryl/α,β-unsaturated/α-hetero) is 1. The Balaban J connectivity index is 1.96. The summed E-state index contributed by atoms with van der Waals surface area (Å²) in [5.74, 6) is 0.988. The molecule has 2 heteroatoms. The van der Waals surface area contributed by atoms with Gasteiger partial charge in [-0.05, 0) is 23.5 Å². The first-order valence-electron chi connectivity index (χ1n) is 6.36. The van der Waals surface area contributed by atoms with Crippen LogP contribution in [0, 0.1) is 5.92 Å². The molecule has 1 aliphatic heterocycles. The number of rotatable bonds is 4. The second-order valence-electron chi connectivity index (χ2n) is 5.10. The van der Waals surface area contributed by atoms with Gasteiger partial charge in [0.25, 0.3) is 0 Å². The summed E-state index contributed by atoms with van der Waals surface area (Å²) in [6, 6.07) is 8.39. The lowest BCUT2D eigenvalue weighted by Gasteiger charge is -2.08. The summed E-state index contributed by atoms with van der Waals surface area (Å²) in [4.78, 5) is 12.0. The molecule has 0 aromatic heterocycles. The van der Waals surface area contributed by atoms with Crippen LogP contribution in [0.4, 0.5) is 0 Å². The van der Waals surface area contributed by atoms with Crippen LogP contribution < -0.4 is 0 Å². The number of ketones is 1. The summed E-state index contributed by atoms with van der Waals surface area (Å²) in [6.07, 6.45) is 1.44. The van der Waals surface area contributed by atoms with Gasteiger partial charge >= 0.3 is 0 Å². The molecule has 0 bridgehead atoms. The van der Waals surface area contributed by atoms with Crippen molar-refractivity contribution in [3.63, 3.8) is 0 Å². The fraction of sp³-hybridized carbons (Fsp3) is 0.533. The van der Waals surface area contributed by atoms with Crippen LogP contribution >= 0.6 is 0 Å². The summed E-state index contributed by atoms with van der Waals surface area (Å²) in [7, 11) is 0. The second kappa shape index (κ2) is 5.46. The van der Waals surface area contributed by atoms with Gasteiger partial charge < -0.3 is 4.74 Å². The highest BCUT2D eigenvalue weighted by atomic mass is 16.5. The molecule has 0 radical (unpaired) electrons. The standard InChI is InChI=1S/C15H20O2/c1-11(2)13-5-3-12(4-6-13)9-15(16)14-7-8-17-10-14/h3-6,11,14H,7-10H2,1-2H3. The molecular weight excluding hydrogens is 212 g/mol. The van der Waals surface area contributed by atoms with Crippen molar-refractivity contribution in [2.45, 2.75) is 32.6 Å². The van der Waals surface area contributed by atoms with Gasteiger partial charge in [-0.15, -0.1) is 0 Å². The van der Waals surface area contributed by atoms with Crippen molar-refractivity contribution in [1.82, 2.24) is 0 Å². The molecule has 1 aliphatic rings. The number of hydrogen-bond acceptors (Lipinski definition) is 2. The van der Waals surface area contributed by atoms with Crippen LogP contribution in [0.25, 0.3) is 0 Å². The van der Waals surface area contributed by atoms with E-state index in [9.17, 15) is 4.79 Å². The maximum Gasteiger partial charge on any atom is 0.142 e. The van der Waals surface area contributed by atoms with Crippen molar-refractivity contribution in [1.29, 1.82) is 0 Å². The molecule has 2 nitrogen and oxygen atoms in total. The van der Waals surface area contributed by atoms with E-state index in [0.29, 0.717) is 24.7 Å². The molecule has 1 aromatic carbocycles. The number of ether oxygens (including phenoxy) is 1. The lowest BCUT2D eigenvalue weighted by atomic mass is 9.95. The third kappa shape index (κ3) is 3.16. The van der Waals surface area contributed by atoms with Crippen molar-refractivity contribution < 1.29 is 9.53 Å². The number of carbonyl (C=O) groups is 1. The van der Waals surface area contributed by atoms with Gasteiger partial charge in [-0.1, -0.05) is 38.1 Å². The Morgan fingerprint density at radius 1 is 1.35 bits per heavy atom. The van der Waals surface area contributed by atoms with Crippen LogP contribution in [0.3, 0.4) is 0 Å². The molecule has 1 heterocycles. The quantitative estimate of drug-likeness (QED) is 0.797. The van der Waals surface area contributed by atoms with E-state index in [1.807, 2.05) is 0 Å². The normalized spacial score (nSPS) is 19.8. The van der Waals surface area contributed by atoms with Crippen LogP contribution in [0.15, 0.2) is 24.3 Å². The third-order valence-electron chi connectivity index (χ3n) is 3.41. The van der Waals surface area contributed by atoms with Gasteiger partial charge in [-0.2, -0.15) is 0 Å². The predicted molar refractivity (Wildman–Crippen MR) is 68.2 cm³/mol. The molecular formula is C15H20O2. The molecule has 17 heavy (non-hydrogen) atoms. The van der Waals surface area contributed by atoms with E-state index in [0.717, 1.165) is 18.6 Å². The molecule has 1 atom stereocenters. The zero-order valence-corrected chi connectivity index (χ0v) is 10.6. The van der Waals surface area contributed by atoms with Crippen molar-refractivity contribution in [2.24, 2.45) is 5.92 Å². The zero-order chi connectivity index (χ0) is 12.3. The fourth-order valence-electron chi connectivity index (χ4n) is 2.15. The summed E-state index contributed by atoms with van der Waals surface area (Å²) in [6.45, 7) is 5.71. The number of carbonyl (C=O) groups excluding carboxylic acids is 1. The maximum atomic E-state index is 12.0. The first-order valence-corrected chi connectivity index (χ1v) is 6.36. The molecule has 2 rings (SSSR count). The van der Waals surface area contributed by atoms with Crippen LogP contribution in [0.5, 0.6) is 0 Å². The number of benzene rings is 1. The average Bonchev–Trinajstić information content (AvgIpc) is 2.83. The Bertz CT molecular complexity index is 372. The smallest absolute Gasteiger partial charge is 0.142 e.